The van der Waals surface area contributed by atoms with Crippen molar-refractivity contribution in [3.8, 4) is 17.4 Å². The van der Waals surface area contributed by atoms with Crippen LogP contribution in [-0.2, 0) is 0 Å². The van der Waals surface area contributed by atoms with E-state index in [4.69, 9.17) is 4.74 Å². The van der Waals surface area contributed by atoms with Crippen LogP contribution in [0.4, 0.5) is 5.69 Å². The third-order valence-corrected chi connectivity index (χ3v) is 4.83. The van der Waals surface area contributed by atoms with Crippen LogP contribution in [0.5, 0.6) is 11.6 Å². The SMILES string of the molecule is Cc1ccc(C(=O)Nc2ccc(Oc3cc(-n4ccnc4C)nc(C)n3)cc2)c(C)c1. The molecule has 156 valence electrons. The average molecular weight is 413 g/mol. The van der Waals surface area contributed by atoms with Gasteiger partial charge >= 0.3 is 0 Å². The molecule has 4 rings (SSSR count). The molecule has 7 nitrogen and oxygen atoms in total. The number of aromatic nitrogens is 4. The molecule has 0 fully saturated rings. The molecule has 0 aliphatic heterocycles. The zero-order valence-electron chi connectivity index (χ0n) is 17.9. The predicted octanol–water partition coefficient (Wildman–Crippen LogP) is 4.94. The third kappa shape index (κ3) is 4.61. The van der Waals surface area contributed by atoms with Crippen molar-refractivity contribution in [2.45, 2.75) is 27.7 Å². The standard InChI is InChI=1S/C24H23N5O2/c1-15-5-10-21(16(2)13-15)24(30)28-19-6-8-20(9-7-19)31-23-14-22(26-17(3)27-23)29-12-11-25-18(29)4/h5-14H,1-4H3,(H,28,30). The predicted molar refractivity (Wildman–Crippen MR) is 119 cm³/mol. The summed E-state index contributed by atoms with van der Waals surface area (Å²) < 4.78 is 7.79. The summed E-state index contributed by atoms with van der Waals surface area (Å²) in [7, 11) is 0. The first kappa shape index (κ1) is 20.3. The number of imidazole rings is 1. The van der Waals surface area contributed by atoms with Crippen LogP contribution in [0.2, 0.25) is 0 Å². The van der Waals surface area contributed by atoms with Crippen molar-refractivity contribution >= 4 is 11.6 Å². The van der Waals surface area contributed by atoms with E-state index in [0.29, 0.717) is 34.5 Å². The van der Waals surface area contributed by atoms with E-state index in [1.165, 1.54) is 0 Å². The molecule has 2 aromatic carbocycles. The second-order valence-corrected chi connectivity index (χ2v) is 7.35. The lowest BCUT2D eigenvalue weighted by Gasteiger charge is -2.11. The van der Waals surface area contributed by atoms with Crippen LogP contribution in [-0.4, -0.2) is 25.4 Å². The molecular formula is C24H23N5O2. The Morgan fingerprint density at radius 3 is 2.42 bits per heavy atom. The van der Waals surface area contributed by atoms with Crippen LogP contribution in [0, 0.1) is 27.7 Å². The molecule has 0 aliphatic carbocycles. The van der Waals surface area contributed by atoms with Gasteiger partial charge in [0.25, 0.3) is 5.91 Å². The number of rotatable bonds is 5. The number of aryl methyl sites for hydroxylation is 4. The quantitative estimate of drug-likeness (QED) is 0.501. The number of hydrogen-bond acceptors (Lipinski definition) is 5. The molecular weight excluding hydrogens is 390 g/mol. The van der Waals surface area contributed by atoms with Gasteiger partial charge in [-0.2, -0.15) is 4.98 Å². The summed E-state index contributed by atoms with van der Waals surface area (Å²) in [5, 5.41) is 2.92. The van der Waals surface area contributed by atoms with Gasteiger partial charge in [0.15, 0.2) is 0 Å². The monoisotopic (exact) mass is 413 g/mol. The molecule has 0 bridgehead atoms. The largest absolute Gasteiger partial charge is 0.439 e. The fourth-order valence-corrected chi connectivity index (χ4v) is 3.31. The zero-order valence-corrected chi connectivity index (χ0v) is 17.9. The summed E-state index contributed by atoms with van der Waals surface area (Å²) in [4.78, 5) is 25.6. The Hall–Kier alpha value is -4.00. The van der Waals surface area contributed by atoms with Gasteiger partial charge in [0.2, 0.25) is 5.88 Å². The van der Waals surface area contributed by atoms with Gasteiger partial charge in [0, 0.05) is 29.7 Å². The second-order valence-electron chi connectivity index (χ2n) is 7.35. The van der Waals surface area contributed by atoms with E-state index in [1.54, 1.807) is 36.5 Å². The molecule has 0 atom stereocenters. The van der Waals surface area contributed by atoms with Gasteiger partial charge < -0.3 is 10.1 Å². The number of anilines is 1. The molecule has 7 heteroatoms. The van der Waals surface area contributed by atoms with Crippen molar-refractivity contribution in [2.24, 2.45) is 0 Å². The minimum absolute atomic E-state index is 0.141. The Labute approximate surface area is 180 Å². The number of amides is 1. The Bertz CT molecular complexity index is 1250. The van der Waals surface area contributed by atoms with E-state index in [9.17, 15) is 4.79 Å². The van der Waals surface area contributed by atoms with E-state index in [0.717, 1.165) is 17.0 Å². The molecule has 0 spiro atoms. The minimum Gasteiger partial charge on any atom is -0.439 e. The Kier molecular flexibility index (Phi) is 5.49. The maximum atomic E-state index is 12.6. The highest BCUT2D eigenvalue weighted by Crippen LogP contribution is 2.24. The van der Waals surface area contributed by atoms with E-state index >= 15 is 0 Å². The van der Waals surface area contributed by atoms with Crippen LogP contribution >= 0.6 is 0 Å². The maximum Gasteiger partial charge on any atom is 0.255 e. The number of carbonyl (C=O) groups is 1. The van der Waals surface area contributed by atoms with Gasteiger partial charge in [-0.1, -0.05) is 17.7 Å². The van der Waals surface area contributed by atoms with E-state index < -0.39 is 0 Å². The summed E-state index contributed by atoms with van der Waals surface area (Å²) in [5.41, 5.74) is 3.41. The lowest BCUT2D eigenvalue weighted by Crippen LogP contribution is -2.13. The summed E-state index contributed by atoms with van der Waals surface area (Å²) in [6.45, 7) is 7.66. The van der Waals surface area contributed by atoms with Crippen molar-refractivity contribution in [3.05, 3.63) is 89.3 Å². The van der Waals surface area contributed by atoms with Crippen molar-refractivity contribution in [1.82, 2.24) is 19.5 Å². The topological polar surface area (TPSA) is 81.9 Å². The van der Waals surface area contributed by atoms with Crippen LogP contribution in [0.25, 0.3) is 5.82 Å². The molecule has 4 aromatic rings. The molecule has 31 heavy (non-hydrogen) atoms. The van der Waals surface area contributed by atoms with Crippen LogP contribution in [0.1, 0.15) is 33.1 Å². The highest BCUT2D eigenvalue weighted by Gasteiger charge is 2.11. The molecule has 2 aromatic heterocycles. The van der Waals surface area contributed by atoms with Gasteiger partial charge in [-0.3, -0.25) is 9.36 Å². The number of benzene rings is 2. The van der Waals surface area contributed by atoms with Crippen molar-refractivity contribution in [1.29, 1.82) is 0 Å². The van der Waals surface area contributed by atoms with Gasteiger partial charge in [0.05, 0.1) is 0 Å². The number of nitrogens with zero attached hydrogens (tertiary/aromatic N) is 4. The number of ether oxygens (including phenoxy) is 1. The van der Waals surface area contributed by atoms with Gasteiger partial charge in [-0.05, 0) is 63.6 Å². The first-order valence-electron chi connectivity index (χ1n) is 9.91. The fraction of sp³-hybridized carbons (Fsp3) is 0.167. The normalized spacial score (nSPS) is 10.7. The molecule has 0 saturated carbocycles. The Morgan fingerprint density at radius 2 is 1.74 bits per heavy atom. The maximum absolute atomic E-state index is 12.6. The van der Waals surface area contributed by atoms with E-state index in [2.05, 4.69) is 20.3 Å². The molecule has 0 unspecified atom stereocenters. The first-order chi connectivity index (χ1) is 14.9. The van der Waals surface area contributed by atoms with Crippen molar-refractivity contribution < 1.29 is 9.53 Å². The average Bonchev–Trinajstić information content (AvgIpc) is 3.15. The highest BCUT2D eigenvalue weighted by molar-refractivity contribution is 6.05. The molecule has 1 amide bonds. The van der Waals surface area contributed by atoms with Gasteiger partial charge in [-0.15, -0.1) is 0 Å². The zero-order chi connectivity index (χ0) is 22.0. The van der Waals surface area contributed by atoms with Crippen molar-refractivity contribution in [2.75, 3.05) is 5.32 Å². The summed E-state index contributed by atoms with van der Waals surface area (Å²) >= 11 is 0. The smallest absolute Gasteiger partial charge is 0.255 e. The summed E-state index contributed by atoms with van der Waals surface area (Å²) in [5.74, 6) is 3.01. The van der Waals surface area contributed by atoms with Crippen LogP contribution in [0.15, 0.2) is 60.9 Å². The fourth-order valence-electron chi connectivity index (χ4n) is 3.31. The van der Waals surface area contributed by atoms with Crippen LogP contribution in [0.3, 0.4) is 0 Å². The van der Waals surface area contributed by atoms with Gasteiger partial charge in [0.1, 0.15) is 23.2 Å². The number of hydrogen-bond donors (Lipinski definition) is 1. The molecule has 0 saturated heterocycles. The number of carbonyl (C=O) groups excluding carboxylic acids is 1. The lowest BCUT2D eigenvalue weighted by atomic mass is 10.1. The molecule has 2 heterocycles. The van der Waals surface area contributed by atoms with Crippen molar-refractivity contribution in [3.63, 3.8) is 0 Å². The lowest BCUT2D eigenvalue weighted by molar-refractivity contribution is 0.102. The summed E-state index contributed by atoms with van der Waals surface area (Å²) in [6, 6.07) is 14.7. The third-order valence-electron chi connectivity index (χ3n) is 4.83. The minimum atomic E-state index is -0.141. The second kappa shape index (κ2) is 8.39. The highest BCUT2D eigenvalue weighted by atomic mass is 16.5. The van der Waals surface area contributed by atoms with E-state index in [-0.39, 0.29) is 5.91 Å². The molecule has 1 N–H and O–H groups in total. The van der Waals surface area contributed by atoms with Crippen LogP contribution < -0.4 is 10.1 Å². The first-order valence-corrected chi connectivity index (χ1v) is 9.91. The summed E-state index contributed by atoms with van der Waals surface area (Å²) in [6.07, 6.45) is 3.56. The number of nitrogens with one attached hydrogen (secondary N) is 1. The Morgan fingerprint density at radius 1 is 0.968 bits per heavy atom. The van der Waals surface area contributed by atoms with E-state index in [1.807, 2.05) is 56.7 Å². The Balaban J connectivity index is 1.48. The van der Waals surface area contributed by atoms with Gasteiger partial charge in [-0.25, -0.2) is 9.97 Å². The molecule has 0 aliphatic rings. The molecule has 0 radical (unpaired) electrons.